The minimum atomic E-state index is -0.632. The lowest BCUT2D eigenvalue weighted by Gasteiger charge is -2.14. The van der Waals surface area contributed by atoms with Crippen molar-refractivity contribution in [3.05, 3.63) is 79.0 Å². The van der Waals surface area contributed by atoms with Gasteiger partial charge < -0.3 is 15.4 Å². The summed E-state index contributed by atoms with van der Waals surface area (Å²) in [6, 6.07) is 16.2. The van der Waals surface area contributed by atoms with Crippen LogP contribution in [0.4, 0.5) is 10.1 Å². The van der Waals surface area contributed by atoms with Crippen LogP contribution in [-0.2, 0) is 0 Å². The summed E-state index contributed by atoms with van der Waals surface area (Å²) in [5.74, 6) is -0.289. The molecule has 4 N–H and O–H groups in total. The van der Waals surface area contributed by atoms with Crippen molar-refractivity contribution in [3.63, 3.8) is 0 Å². The molecule has 38 heavy (non-hydrogen) atoms. The number of aliphatic hydroxyl groups excluding tert-OH is 1. The van der Waals surface area contributed by atoms with Crippen molar-refractivity contribution < 1.29 is 9.50 Å². The van der Waals surface area contributed by atoms with Gasteiger partial charge in [0.15, 0.2) is 0 Å². The smallest absolute Gasteiger partial charge is 0.138 e. The molecule has 0 aliphatic rings. The highest BCUT2D eigenvalue weighted by Gasteiger charge is 2.17. The van der Waals surface area contributed by atoms with Gasteiger partial charge in [0, 0.05) is 28.9 Å². The standard InChI is InChI=1S/C29H26FN7O/c1-2-3-8-26(38)33-18-13-17(15-31-16-18)23-9-10-24-27(34-23)28(37-36-24)25-14-21-19(11-12-32-29(21)35-25)20-6-4-5-7-22(20)30/h4-7,9-16,26,33,38H,2-3,8H2,1H3,(H,32,35)(H,36,37). The van der Waals surface area contributed by atoms with E-state index in [0.29, 0.717) is 28.8 Å². The number of fused-ring (bicyclic) bond motifs is 2. The molecule has 6 aromatic rings. The maximum atomic E-state index is 14.6. The summed E-state index contributed by atoms with van der Waals surface area (Å²) >= 11 is 0. The summed E-state index contributed by atoms with van der Waals surface area (Å²) in [6.45, 7) is 2.09. The summed E-state index contributed by atoms with van der Waals surface area (Å²) in [6.07, 6.45) is 7.08. The van der Waals surface area contributed by atoms with Gasteiger partial charge in [0.25, 0.3) is 0 Å². The van der Waals surface area contributed by atoms with Crippen molar-refractivity contribution in [2.75, 3.05) is 5.32 Å². The number of aliphatic hydroxyl groups is 1. The Hall–Kier alpha value is -4.63. The van der Waals surface area contributed by atoms with Gasteiger partial charge in [0.05, 0.1) is 28.8 Å². The molecule has 0 radical (unpaired) electrons. The Balaban J connectivity index is 1.37. The van der Waals surface area contributed by atoms with E-state index in [1.807, 2.05) is 36.4 Å². The number of anilines is 1. The van der Waals surface area contributed by atoms with Gasteiger partial charge in [0.2, 0.25) is 0 Å². The Morgan fingerprint density at radius 1 is 1.05 bits per heavy atom. The van der Waals surface area contributed by atoms with E-state index < -0.39 is 6.23 Å². The van der Waals surface area contributed by atoms with Gasteiger partial charge in [0.1, 0.15) is 28.9 Å². The molecule has 0 saturated carbocycles. The van der Waals surface area contributed by atoms with Gasteiger partial charge in [-0.2, -0.15) is 5.10 Å². The molecule has 1 atom stereocenters. The highest BCUT2D eigenvalue weighted by molar-refractivity contribution is 5.99. The van der Waals surface area contributed by atoms with E-state index in [1.165, 1.54) is 6.07 Å². The molecule has 5 aromatic heterocycles. The van der Waals surface area contributed by atoms with Crippen molar-refractivity contribution in [2.24, 2.45) is 0 Å². The van der Waals surface area contributed by atoms with Crippen molar-refractivity contribution in [2.45, 2.75) is 32.4 Å². The number of H-pyrrole nitrogens is 2. The molecule has 0 amide bonds. The molecule has 0 bridgehead atoms. The van der Waals surface area contributed by atoms with Crippen molar-refractivity contribution in [3.8, 4) is 33.8 Å². The fourth-order valence-electron chi connectivity index (χ4n) is 4.64. The van der Waals surface area contributed by atoms with Gasteiger partial charge in [-0.05, 0) is 54.8 Å². The molecular weight excluding hydrogens is 481 g/mol. The Morgan fingerprint density at radius 2 is 1.95 bits per heavy atom. The van der Waals surface area contributed by atoms with Crippen molar-refractivity contribution in [1.29, 1.82) is 0 Å². The third kappa shape index (κ3) is 4.48. The Bertz CT molecular complexity index is 1740. The lowest BCUT2D eigenvalue weighted by atomic mass is 10.0. The van der Waals surface area contributed by atoms with Gasteiger partial charge >= 0.3 is 0 Å². The fourth-order valence-corrected chi connectivity index (χ4v) is 4.64. The molecule has 0 spiro atoms. The Morgan fingerprint density at radius 3 is 2.82 bits per heavy atom. The second kappa shape index (κ2) is 10.0. The second-order valence-corrected chi connectivity index (χ2v) is 9.21. The number of unbranched alkanes of at least 4 members (excludes halogenated alkanes) is 1. The predicted molar refractivity (Wildman–Crippen MR) is 147 cm³/mol. The lowest BCUT2D eigenvalue weighted by molar-refractivity contribution is 0.190. The molecule has 0 aliphatic heterocycles. The zero-order valence-corrected chi connectivity index (χ0v) is 20.7. The normalized spacial score (nSPS) is 12.3. The van der Waals surface area contributed by atoms with E-state index >= 15 is 0 Å². The zero-order chi connectivity index (χ0) is 26.1. The largest absolute Gasteiger partial charge is 0.374 e. The van der Waals surface area contributed by atoms with E-state index in [2.05, 4.69) is 37.4 Å². The average Bonchev–Trinajstić information content (AvgIpc) is 3.56. The van der Waals surface area contributed by atoms with Crippen molar-refractivity contribution in [1.82, 2.24) is 30.1 Å². The average molecular weight is 508 g/mol. The van der Waals surface area contributed by atoms with Crippen LogP contribution in [0.15, 0.2) is 73.2 Å². The van der Waals surface area contributed by atoms with Crippen LogP contribution in [0.25, 0.3) is 55.8 Å². The van der Waals surface area contributed by atoms with Crippen molar-refractivity contribution >= 4 is 27.8 Å². The number of hydrogen-bond donors (Lipinski definition) is 4. The number of benzene rings is 1. The number of nitrogens with zero attached hydrogens (tertiary/aromatic N) is 4. The van der Waals surface area contributed by atoms with Gasteiger partial charge in [-0.3, -0.25) is 10.1 Å². The van der Waals surface area contributed by atoms with E-state index in [0.717, 1.165) is 51.9 Å². The predicted octanol–water partition coefficient (Wildman–Crippen LogP) is 6.29. The molecule has 0 fully saturated rings. The number of aromatic nitrogens is 6. The van der Waals surface area contributed by atoms with Gasteiger partial charge in [-0.15, -0.1) is 0 Å². The molecule has 1 unspecified atom stereocenters. The Kier molecular flexibility index (Phi) is 6.27. The van der Waals surface area contributed by atoms with Crippen LogP contribution in [0.3, 0.4) is 0 Å². The first kappa shape index (κ1) is 23.7. The highest BCUT2D eigenvalue weighted by Crippen LogP contribution is 2.34. The number of halogens is 1. The van der Waals surface area contributed by atoms with Crippen LogP contribution < -0.4 is 5.32 Å². The number of nitrogens with one attached hydrogen (secondary N) is 3. The van der Waals surface area contributed by atoms with Crippen LogP contribution >= 0.6 is 0 Å². The molecule has 8 nitrogen and oxygen atoms in total. The van der Waals surface area contributed by atoms with Gasteiger partial charge in [-0.25, -0.2) is 14.4 Å². The quantitative estimate of drug-likeness (QED) is 0.180. The maximum Gasteiger partial charge on any atom is 0.138 e. The molecular formula is C29H26FN7O. The molecule has 0 saturated heterocycles. The number of rotatable bonds is 8. The number of pyridine rings is 3. The van der Waals surface area contributed by atoms with Crippen LogP contribution in [0, 0.1) is 5.82 Å². The first-order valence-electron chi connectivity index (χ1n) is 12.6. The summed E-state index contributed by atoms with van der Waals surface area (Å²) < 4.78 is 14.6. The molecule has 0 aliphatic carbocycles. The summed E-state index contributed by atoms with van der Waals surface area (Å²) in [5, 5.41) is 21.7. The fraction of sp³-hybridized carbons (Fsp3) is 0.172. The Labute approximate surface area is 218 Å². The SMILES string of the molecule is CCCCC(O)Nc1cncc(-c2ccc3[nH]nc(-c4cc5c(-c6ccccc6F)ccnc5[nH]4)c3n2)c1. The summed E-state index contributed by atoms with van der Waals surface area (Å²) in [7, 11) is 0. The molecule has 9 heteroatoms. The molecule has 5 heterocycles. The third-order valence-corrected chi connectivity index (χ3v) is 6.56. The van der Waals surface area contributed by atoms with Crippen LogP contribution in [0.2, 0.25) is 0 Å². The zero-order valence-electron chi connectivity index (χ0n) is 20.7. The molecule has 190 valence electrons. The van der Waals surface area contributed by atoms with E-state index in [4.69, 9.17) is 4.98 Å². The van der Waals surface area contributed by atoms with Gasteiger partial charge in [-0.1, -0.05) is 31.5 Å². The van der Waals surface area contributed by atoms with Crippen LogP contribution in [0.5, 0.6) is 0 Å². The minimum Gasteiger partial charge on any atom is -0.374 e. The van der Waals surface area contributed by atoms with E-state index in [-0.39, 0.29) is 5.82 Å². The monoisotopic (exact) mass is 507 g/mol. The lowest BCUT2D eigenvalue weighted by Crippen LogP contribution is -2.18. The number of hydrogen-bond acceptors (Lipinski definition) is 6. The van der Waals surface area contributed by atoms with E-state index in [9.17, 15) is 9.50 Å². The van der Waals surface area contributed by atoms with Crippen LogP contribution in [0.1, 0.15) is 26.2 Å². The first-order chi connectivity index (χ1) is 18.6. The topological polar surface area (TPSA) is 115 Å². The molecule has 1 aromatic carbocycles. The number of aromatic amines is 2. The third-order valence-electron chi connectivity index (χ3n) is 6.56. The summed E-state index contributed by atoms with van der Waals surface area (Å²) in [5.41, 5.74) is 6.98. The molecule has 6 rings (SSSR count). The first-order valence-corrected chi connectivity index (χ1v) is 12.6. The highest BCUT2D eigenvalue weighted by atomic mass is 19.1. The maximum absolute atomic E-state index is 14.6. The van der Waals surface area contributed by atoms with Crippen LogP contribution in [-0.4, -0.2) is 41.5 Å². The minimum absolute atomic E-state index is 0.289. The summed E-state index contributed by atoms with van der Waals surface area (Å²) in [4.78, 5) is 17.0. The second-order valence-electron chi connectivity index (χ2n) is 9.21. The van der Waals surface area contributed by atoms with E-state index in [1.54, 1.807) is 30.7 Å².